The summed E-state index contributed by atoms with van der Waals surface area (Å²) in [6.07, 6.45) is 3.78. The molecule has 2 unspecified atom stereocenters. The first-order valence-electron chi connectivity index (χ1n) is 7.85. The van der Waals surface area contributed by atoms with Gasteiger partial charge in [-0.3, -0.25) is 0 Å². The van der Waals surface area contributed by atoms with Gasteiger partial charge in [0.25, 0.3) is 0 Å². The highest BCUT2D eigenvalue weighted by atomic mass is 16.5. The second kappa shape index (κ2) is 6.17. The van der Waals surface area contributed by atoms with Gasteiger partial charge in [-0.1, -0.05) is 20.8 Å². The van der Waals surface area contributed by atoms with Crippen molar-refractivity contribution in [3.63, 3.8) is 0 Å². The second-order valence-electron chi connectivity index (χ2n) is 7.16. The minimum absolute atomic E-state index is 0.476. The predicted molar refractivity (Wildman–Crippen MR) is 88.5 cm³/mol. The van der Waals surface area contributed by atoms with Gasteiger partial charge in [0.2, 0.25) is 0 Å². The fourth-order valence-corrected chi connectivity index (χ4v) is 3.50. The van der Waals surface area contributed by atoms with E-state index in [1.807, 2.05) is 6.07 Å². The lowest BCUT2D eigenvalue weighted by molar-refractivity contribution is 0.177. The molecule has 1 aliphatic rings. The normalized spacial score (nSPS) is 24.5. The molecule has 1 aromatic carbocycles. The first kappa shape index (κ1) is 16.0. The van der Waals surface area contributed by atoms with Crippen molar-refractivity contribution in [2.45, 2.75) is 53.0 Å². The molecule has 0 bridgehead atoms. The fourth-order valence-electron chi connectivity index (χ4n) is 3.50. The summed E-state index contributed by atoms with van der Waals surface area (Å²) in [5, 5.41) is 3.73. The molecule has 3 nitrogen and oxygen atoms in total. The molecule has 0 heterocycles. The standard InChI is InChI=1S/C18H29NO2/c1-12-9-16(20-5)17(21-6)10-15(12)19-14-7-8-18(3,4)11-13(14)2/h9-10,13-14,19H,7-8,11H2,1-6H3. The summed E-state index contributed by atoms with van der Waals surface area (Å²) in [7, 11) is 3.36. The Labute approximate surface area is 129 Å². The summed E-state index contributed by atoms with van der Waals surface area (Å²) in [6, 6.07) is 4.63. The minimum Gasteiger partial charge on any atom is -0.493 e. The van der Waals surface area contributed by atoms with Crippen LogP contribution in [0.4, 0.5) is 5.69 Å². The molecule has 1 fully saturated rings. The number of ether oxygens (including phenoxy) is 2. The Balaban J connectivity index is 2.16. The summed E-state index contributed by atoms with van der Waals surface area (Å²) >= 11 is 0. The van der Waals surface area contributed by atoms with Crippen LogP contribution in [-0.2, 0) is 0 Å². The number of methoxy groups -OCH3 is 2. The summed E-state index contributed by atoms with van der Waals surface area (Å²) in [5.41, 5.74) is 2.83. The third kappa shape index (κ3) is 3.63. The van der Waals surface area contributed by atoms with E-state index in [9.17, 15) is 0 Å². The molecule has 0 aromatic heterocycles. The van der Waals surface area contributed by atoms with Crippen LogP contribution >= 0.6 is 0 Å². The number of rotatable bonds is 4. The lowest BCUT2D eigenvalue weighted by Crippen LogP contribution is -2.37. The van der Waals surface area contributed by atoms with Crippen LogP contribution in [-0.4, -0.2) is 20.3 Å². The lowest BCUT2D eigenvalue weighted by atomic mass is 9.70. The zero-order valence-corrected chi connectivity index (χ0v) is 14.2. The van der Waals surface area contributed by atoms with E-state index in [0.717, 1.165) is 17.2 Å². The zero-order chi connectivity index (χ0) is 15.6. The average molecular weight is 291 g/mol. The van der Waals surface area contributed by atoms with E-state index in [4.69, 9.17) is 9.47 Å². The van der Waals surface area contributed by atoms with Crippen molar-refractivity contribution in [2.24, 2.45) is 11.3 Å². The van der Waals surface area contributed by atoms with E-state index in [0.29, 0.717) is 17.4 Å². The first-order chi connectivity index (χ1) is 9.86. The van der Waals surface area contributed by atoms with Gasteiger partial charge in [0.05, 0.1) is 14.2 Å². The van der Waals surface area contributed by atoms with E-state index in [1.165, 1.54) is 24.8 Å². The number of benzene rings is 1. The number of anilines is 1. The van der Waals surface area contributed by atoms with Gasteiger partial charge in [-0.05, 0) is 49.1 Å². The van der Waals surface area contributed by atoms with Gasteiger partial charge >= 0.3 is 0 Å². The van der Waals surface area contributed by atoms with Gasteiger partial charge in [-0.25, -0.2) is 0 Å². The Hall–Kier alpha value is -1.38. The smallest absolute Gasteiger partial charge is 0.162 e. The van der Waals surface area contributed by atoms with Gasteiger partial charge in [0, 0.05) is 17.8 Å². The van der Waals surface area contributed by atoms with Crippen molar-refractivity contribution in [1.82, 2.24) is 0 Å². The zero-order valence-electron chi connectivity index (χ0n) is 14.2. The monoisotopic (exact) mass is 291 g/mol. The highest BCUT2D eigenvalue weighted by Crippen LogP contribution is 2.40. The number of nitrogens with one attached hydrogen (secondary N) is 1. The number of hydrogen-bond acceptors (Lipinski definition) is 3. The number of aryl methyl sites for hydroxylation is 1. The molecule has 0 aliphatic heterocycles. The van der Waals surface area contributed by atoms with Crippen LogP contribution in [0.25, 0.3) is 0 Å². The average Bonchev–Trinajstić information content (AvgIpc) is 2.42. The molecule has 0 radical (unpaired) electrons. The topological polar surface area (TPSA) is 30.5 Å². The Morgan fingerprint density at radius 3 is 2.33 bits per heavy atom. The van der Waals surface area contributed by atoms with Crippen LogP contribution in [0.1, 0.15) is 45.6 Å². The Morgan fingerprint density at radius 1 is 1.14 bits per heavy atom. The van der Waals surface area contributed by atoms with E-state index >= 15 is 0 Å². The molecular formula is C18H29NO2. The van der Waals surface area contributed by atoms with E-state index in [-0.39, 0.29) is 0 Å². The third-order valence-corrected chi connectivity index (χ3v) is 4.77. The van der Waals surface area contributed by atoms with Crippen LogP contribution in [0.3, 0.4) is 0 Å². The molecule has 1 aromatic rings. The van der Waals surface area contributed by atoms with Gasteiger partial charge in [0.1, 0.15) is 0 Å². The Bertz CT molecular complexity index is 496. The maximum absolute atomic E-state index is 5.42. The predicted octanol–water partition coefficient (Wildman–Crippen LogP) is 4.64. The Morgan fingerprint density at radius 2 is 1.76 bits per heavy atom. The summed E-state index contributed by atoms with van der Waals surface area (Å²) in [4.78, 5) is 0. The van der Waals surface area contributed by atoms with Crippen molar-refractivity contribution < 1.29 is 9.47 Å². The molecule has 1 saturated carbocycles. The maximum atomic E-state index is 5.42. The molecule has 2 atom stereocenters. The molecule has 0 spiro atoms. The largest absolute Gasteiger partial charge is 0.493 e. The maximum Gasteiger partial charge on any atom is 0.162 e. The van der Waals surface area contributed by atoms with Crippen LogP contribution in [0.5, 0.6) is 11.5 Å². The van der Waals surface area contributed by atoms with Gasteiger partial charge < -0.3 is 14.8 Å². The van der Waals surface area contributed by atoms with Gasteiger partial charge in [0.15, 0.2) is 11.5 Å². The molecule has 118 valence electrons. The van der Waals surface area contributed by atoms with Crippen LogP contribution in [0.2, 0.25) is 0 Å². The van der Waals surface area contributed by atoms with Crippen LogP contribution in [0, 0.1) is 18.3 Å². The molecule has 1 N–H and O–H groups in total. The lowest BCUT2D eigenvalue weighted by Gasteiger charge is -2.40. The van der Waals surface area contributed by atoms with Crippen molar-refractivity contribution in [2.75, 3.05) is 19.5 Å². The van der Waals surface area contributed by atoms with E-state index in [2.05, 4.69) is 39.1 Å². The summed E-state index contributed by atoms with van der Waals surface area (Å²) < 4.78 is 10.8. The first-order valence-corrected chi connectivity index (χ1v) is 7.85. The highest BCUT2D eigenvalue weighted by Gasteiger charge is 2.32. The molecular weight excluding hydrogens is 262 g/mol. The molecule has 3 heteroatoms. The fraction of sp³-hybridized carbons (Fsp3) is 0.667. The van der Waals surface area contributed by atoms with Gasteiger partial charge in [-0.2, -0.15) is 0 Å². The highest BCUT2D eigenvalue weighted by molar-refractivity contribution is 5.60. The third-order valence-electron chi connectivity index (χ3n) is 4.77. The van der Waals surface area contributed by atoms with E-state index < -0.39 is 0 Å². The van der Waals surface area contributed by atoms with Crippen molar-refractivity contribution >= 4 is 5.69 Å². The molecule has 0 saturated heterocycles. The SMILES string of the molecule is COc1cc(C)c(NC2CCC(C)(C)CC2C)cc1OC. The Kier molecular flexibility index (Phi) is 4.70. The van der Waals surface area contributed by atoms with Crippen molar-refractivity contribution in [3.05, 3.63) is 17.7 Å². The van der Waals surface area contributed by atoms with Crippen LogP contribution < -0.4 is 14.8 Å². The van der Waals surface area contributed by atoms with Crippen LogP contribution in [0.15, 0.2) is 12.1 Å². The van der Waals surface area contributed by atoms with Crippen molar-refractivity contribution in [3.8, 4) is 11.5 Å². The minimum atomic E-state index is 0.476. The van der Waals surface area contributed by atoms with E-state index in [1.54, 1.807) is 14.2 Å². The molecule has 2 rings (SSSR count). The molecule has 1 aliphatic carbocycles. The van der Waals surface area contributed by atoms with Crippen molar-refractivity contribution in [1.29, 1.82) is 0 Å². The van der Waals surface area contributed by atoms with Gasteiger partial charge in [-0.15, -0.1) is 0 Å². The molecule has 0 amide bonds. The summed E-state index contributed by atoms with van der Waals surface area (Å²) in [6.45, 7) is 9.22. The number of hydrogen-bond donors (Lipinski definition) is 1. The quantitative estimate of drug-likeness (QED) is 0.876. The summed E-state index contributed by atoms with van der Waals surface area (Å²) in [5.74, 6) is 2.26. The second-order valence-corrected chi connectivity index (χ2v) is 7.16. The molecule has 21 heavy (non-hydrogen) atoms.